The second-order valence-electron chi connectivity index (χ2n) is 5.03. The molecule has 22 heavy (non-hydrogen) atoms. The second-order valence-corrected chi connectivity index (χ2v) is 5.03. The fourth-order valence-corrected chi connectivity index (χ4v) is 2.24. The summed E-state index contributed by atoms with van der Waals surface area (Å²) >= 11 is 0. The monoisotopic (exact) mass is 297 g/mol. The van der Waals surface area contributed by atoms with Crippen molar-refractivity contribution >= 4 is 16.7 Å². The lowest BCUT2D eigenvalue weighted by Crippen LogP contribution is -2.20. The van der Waals surface area contributed by atoms with Crippen molar-refractivity contribution in [1.82, 2.24) is 19.7 Å². The molecule has 0 amide bonds. The van der Waals surface area contributed by atoms with Crippen LogP contribution in [0.1, 0.15) is 17.0 Å². The minimum Gasteiger partial charge on any atom is -0.423 e. The molecular formula is C15H15N5O2. The zero-order chi connectivity index (χ0) is 15.7. The third-order valence-electron chi connectivity index (χ3n) is 3.42. The predicted octanol–water partition coefficient (Wildman–Crippen LogP) is 1.65. The summed E-state index contributed by atoms with van der Waals surface area (Å²) in [7, 11) is 0. The highest BCUT2D eigenvalue weighted by Gasteiger charge is 2.12. The summed E-state index contributed by atoms with van der Waals surface area (Å²) in [5, 5.41) is 13.6. The van der Waals surface area contributed by atoms with E-state index in [9.17, 15) is 10.0 Å². The minimum atomic E-state index is -0.546. The van der Waals surface area contributed by atoms with Gasteiger partial charge in [-0.3, -0.25) is 9.78 Å². The maximum atomic E-state index is 11.8. The molecule has 112 valence electrons. The van der Waals surface area contributed by atoms with Crippen molar-refractivity contribution < 1.29 is 5.21 Å². The van der Waals surface area contributed by atoms with Gasteiger partial charge in [0.05, 0.1) is 16.8 Å². The van der Waals surface area contributed by atoms with Gasteiger partial charge in [0.25, 0.3) is 5.56 Å². The molecule has 3 heterocycles. The van der Waals surface area contributed by atoms with Gasteiger partial charge in [0.15, 0.2) is 5.65 Å². The summed E-state index contributed by atoms with van der Waals surface area (Å²) in [4.78, 5) is 24.1. The molecular weight excluding hydrogens is 282 g/mol. The van der Waals surface area contributed by atoms with Crippen molar-refractivity contribution in [3.05, 3.63) is 58.0 Å². The summed E-state index contributed by atoms with van der Waals surface area (Å²) in [5.41, 5.74) is 2.84. The van der Waals surface area contributed by atoms with Gasteiger partial charge in [-0.1, -0.05) is 6.07 Å². The van der Waals surface area contributed by atoms with E-state index in [1.165, 1.54) is 12.4 Å². The van der Waals surface area contributed by atoms with Crippen LogP contribution in [-0.2, 0) is 6.54 Å². The van der Waals surface area contributed by atoms with Gasteiger partial charge >= 0.3 is 0 Å². The molecule has 3 rings (SSSR count). The van der Waals surface area contributed by atoms with Crippen LogP contribution in [0.4, 0.5) is 5.69 Å². The Balaban J connectivity index is 2.01. The number of hydrogen-bond donors (Lipinski definition) is 2. The lowest BCUT2D eigenvalue weighted by Gasteiger charge is -2.12. The number of pyridine rings is 2. The first-order valence-corrected chi connectivity index (χ1v) is 6.78. The minimum absolute atomic E-state index is 0.185. The molecule has 7 heteroatoms. The number of nitrogens with one attached hydrogen (secondary N) is 1. The molecule has 0 fully saturated rings. The van der Waals surface area contributed by atoms with Crippen molar-refractivity contribution in [2.45, 2.75) is 20.4 Å². The van der Waals surface area contributed by atoms with Crippen molar-refractivity contribution in [3.8, 4) is 0 Å². The summed E-state index contributed by atoms with van der Waals surface area (Å²) in [6, 6.07) is 5.23. The van der Waals surface area contributed by atoms with Crippen LogP contribution in [0.5, 0.6) is 0 Å². The summed E-state index contributed by atoms with van der Waals surface area (Å²) in [6.07, 6.45) is 3.10. The molecule has 0 bridgehead atoms. The van der Waals surface area contributed by atoms with Crippen molar-refractivity contribution in [2.24, 2.45) is 0 Å². The Labute approximate surface area is 126 Å². The number of fused-ring (bicyclic) bond motifs is 1. The molecule has 0 aliphatic carbocycles. The van der Waals surface area contributed by atoms with Crippen molar-refractivity contribution in [1.29, 1.82) is 0 Å². The number of aryl methyl sites for hydroxylation is 2. The Bertz CT molecular complexity index is 887. The molecule has 0 unspecified atom stereocenters. The van der Waals surface area contributed by atoms with E-state index in [0.717, 1.165) is 11.3 Å². The van der Waals surface area contributed by atoms with Crippen LogP contribution >= 0.6 is 0 Å². The van der Waals surface area contributed by atoms with E-state index in [1.54, 1.807) is 13.1 Å². The SMILES string of the molecule is Cc1ccc(CNc2cc(=O)n(O)c3ncnc(C)c23)cn1. The van der Waals surface area contributed by atoms with E-state index < -0.39 is 5.56 Å². The van der Waals surface area contributed by atoms with Crippen molar-refractivity contribution in [3.63, 3.8) is 0 Å². The molecule has 0 radical (unpaired) electrons. The van der Waals surface area contributed by atoms with Gasteiger partial charge in [-0.05, 0) is 25.5 Å². The van der Waals surface area contributed by atoms with Gasteiger partial charge in [-0.15, -0.1) is 4.73 Å². The standard InChI is InChI=1S/C15H15N5O2/c1-9-3-4-11(6-16-9)7-17-12-5-13(21)20(22)15-14(12)10(2)18-8-19-15/h3-6,8,17,22H,7H2,1-2H3. The normalized spacial score (nSPS) is 10.8. The number of hydrogen-bond acceptors (Lipinski definition) is 6. The maximum Gasteiger partial charge on any atom is 0.286 e. The first-order chi connectivity index (χ1) is 10.6. The van der Waals surface area contributed by atoms with Gasteiger partial charge in [0, 0.05) is 24.5 Å². The lowest BCUT2D eigenvalue weighted by molar-refractivity contribution is 0.186. The quantitative estimate of drug-likeness (QED) is 0.714. The number of rotatable bonds is 3. The van der Waals surface area contributed by atoms with E-state index >= 15 is 0 Å². The van der Waals surface area contributed by atoms with Crippen LogP contribution in [0.3, 0.4) is 0 Å². The highest BCUT2D eigenvalue weighted by molar-refractivity contribution is 5.90. The number of aromatic nitrogens is 4. The molecule has 0 atom stereocenters. The Morgan fingerprint density at radius 2 is 2.05 bits per heavy atom. The van der Waals surface area contributed by atoms with E-state index in [4.69, 9.17) is 0 Å². The number of anilines is 1. The molecule has 0 aliphatic rings. The molecule has 0 spiro atoms. The first kappa shape index (κ1) is 14.0. The average Bonchev–Trinajstić information content (AvgIpc) is 2.51. The summed E-state index contributed by atoms with van der Waals surface area (Å²) in [5.74, 6) is 0. The highest BCUT2D eigenvalue weighted by atomic mass is 16.5. The van der Waals surface area contributed by atoms with Crippen molar-refractivity contribution in [2.75, 3.05) is 5.32 Å². The van der Waals surface area contributed by atoms with Crippen LogP contribution < -0.4 is 10.9 Å². The Hall–Kier alpha value is -2.96. The fourth-order valence-electron chi connectivity index (χ4n) is 2.24. The third kappa shape index (κ3) is 2.48. The molecule has 7 nitrogen and oxygen atoms in total. The van der Waals surface area contributed by atoms with Gasteiger partial charge < -0.3 is 10.5 Å². The summed E-state index contributed by atoms with van der Waals surface area (Å²) in [6.45, 7) is 4.23. The van der Waals surface area contributed by atoms with E-state index in [-0.39, 0.29) is 5.65 Å². The van der Waals surface area contributed by atoms with Crippen LogP contribution in [-0.4, -0.2) is 24.9 Å². The Morgan fingerprint density at radius 1 is 1.23 bits per heavy atom. The van der Waals surface area contributed by atoms with Gasteiger partial charge in [0.2, 0.25) is 0 Å². The van der Waals surface area contributed by atoms with Gasteiger partial charge in [-0.25, -0.2) is 9.97 Å². The molecule has 2 N–H and O–H groups in total. The molecule has 3 aromatic rings. The van der Waals surface area contributed by atoms with Crippen LogP contribution in [0.15, 0.2) is 35.5 Å². The Kier molecular flexibility index (Phi) is 3.46. The van der Waals surface area contributed by atoms with Crippen LogP contribution in [0, 0.1) is 13.8 Å². The maximum absolute atomic E-state index is 11.8. The topological polar surface area (TPSA) is 92.9 Å². The van der Waals surface area contributed by atoms with Crippen LogP contribution in [0.25, 0.3) is 11.0 Å². The number of nitrogens with zero attached hydrogens (tertiary/aromatic N) is 4. The van der Waals surface area contributed by atoms with Gasteiger partial charge in [0.1, 0.15) is 6.33 Å². The molecule has 0 saturated carbocycles. The highest BCUT2D eigenvalue weighted by Crippen LogP contribution is 2.22. The van der Waals surface area contributed by atoms with E-state index in [0.29, 0.717) is 28.0 Å². The Morgan fingerprint density at radius 3 is 2.77 bits per heavy atom. The zero-order valence-electron chi connectivity index (χ0n) is 12.2. The average molecular weight is 297 g/mol. The summed E-state index contributed by atoms with van der Waals surface area (Å²) < 4.78 is 0.530. The van der Waals surface area contributed by atoms with Crippen LogP contribution in [0.2, 0.25) is 0 Å². The first-order valence-electron chi connectivity index (χ1n) is 6.78. The second kappa shape index (κ2) is 5.44. The fraction of sp³-hybridized carbons (Fsp3) is 0.200. The molecule has 0 aliphatic heterocycles. The molecule has 0 saturated heterocycles. The third-order valence-corrected chi connectivity index (χ3v) is 3.42. The lowest BCUT2D eigenvalue weighted by atomic mass is 10.2. The van der Waals surface area contributed by atoms with Gasteiger partial charge in [-0.2, -0.15) is 0 Å². The van der Waals surface area contributed by atoms with E-state index in [2.05, 4.69) is 20.3 Å². The zero-order valence-corrected chi connectivity index (χ0v) is 12.2. The molecule has 3 aromatic heterocycles. The largest absolute Gasteiger partial charge is 0.423 e. The predicted molar refractivity (Wildman–Crippen MR) is 82.0 cm³/mol. The van der Waals surface area contributed by atoms with E-state index in [1.807, 2.05) is 19.1 Å². The molecule has 0 aromatic carbocycles. The smallest absolute Gasteiger partial charge is 0.286 e.